The number of ether oxygens (including phenoxy) is 1. The first-order chi connectivity index (χ1) is 14.2. The Kier molecular flexibility index (Phi) is 9.67. The number of carbonyl (C=O) groups excluding carboxylic acids is 1. The minimum absolute atomic E-state index is 0.0389. The van der Waals surface area contributed by atoms with E-state index < -0.39 is 12.7 Å². The quantitative estimate of drug-likeness (QED) is 0.465. The van der Waals surface area contributed by atoms with Crippen molar-refractivity contribution in [3.63, 3.8) is 0 Å². The van der Waals surface area contributed by atoms with Gasteiger partial charge in [0.2, 0.25) is 5.91 Å². The highest BCUT2D eigenvalue weighted by Crippen LogP contribution is 2.21. The minimum atomic E-state index is -4.19. The lowest BCUT2D eigenvalue weighted by Crippen LogP contribution is -2.45. The first kappa shape index (κ1) is 24.7. The second-order valence-corrected chi connectivity index (χ2v) is 8.34. The molecule has 2 rings (SSSR count). The Morgan fingerprint density at radius 1 is 1.27 bits per heavy atom. The zero-order valence-corrected chi connectivity index (χ0v) is 18.4. The molecule has 2 heterocycles. The second kappa shape index (κ2) is 11.7. The number of nitrogens with one attached hydrogen (secondary N) is 1. The molecule has 2 fully saturated rings. The van der Waals surface area contributed by atoms with Crippen LogP contribution in [-0.2, 0) is 9.53 Å². The highest BCUT2D eigenvalue weighted by atomic mass is 19.4. The molecule has 0 aromatic carbocycles. The molecule has 30 heavy (non-hydrogen) atoms. The molecule has 7 nitrogen and oxygen atoms in total. The van der Waals surface area contributed by atoms with Crippen LogP contribution in [0.3, 0.4) is 0 Å². The summed E-state index contributed by atoms with van der Waals surface area (Å²) < 4.78 is 44.0. The lowest BCUT2D eigenvalue weighted by molar-refractivity contribution is -0.146. The van der Waals surface area contributed by atoms with Gasteiger partial charge in [-0.25, -0.2) is 4.99 Å². The number of hydrogen-bond acceptors (Lipinski definition) is 4. The molecule has 2 saturated heterocycles. The molecular formula is C20H36F3N5O2. The SMILES string of the molecule is CCN(CC1CCN(C(=NCC(=O)N(C)C)NCC2CCCCO2)C1)CC(F)(F)F. The molecule has 0 aromatic rings. The Balaban J connectivity index is 1.95. The summed E-state index contributed by atoms with van der Waals surface area (Å²) in [6.07, 6.45) is -0.0626. The van der Waals surface area contributed by atoms with Crippen molar-refractivity contribution in [1.29, 1.82) is 0 Å². The third kappa shape index (κ3) is 8.67. The van der Waals surface area contributed by atoms with E-state index in [0.29, 0.717) is 38.7 Å². The number of nitrogens with zero attached hydrogens (tertiary/aromatic N) is 4. The van der Waals surface area contributed by atoms with E-state index in [0.717, 1.165) is 32.3 Å². The van der Waals surface area contributed by atoms with Gasteiger partial charge in [0.1, 0.15) is 6.54 Å². The fraction of sp³-hybridized carbons (Fsp3) is 0.900. The number of alkyl halides is 3. The van der Waals surface area contributed by atoms with E-state index in [4.69, 9.17) is 4.74 Å². The Labute approximate surface area is 177 Å². The Hall–Kier alpha value is -1.55. The minimum Gasteiger partial charge on any atom is -0.376 e. The highest BCUT2D eigenvalue weighted by Gasteiger charge is 2.33. The van der Waals surface area contributed by atoms with E-state index >= 15 is 0 Å². The lowest BCUT2D eigenvalue weighted by Gasteiger charge is -2.28. The molecule has 1 N–H and O–H groups in total. The molecule has 10 heteroatoms. The Morgan fingerprint density at radius 3 is 2.63 bits per heavy atom. The van der Waals surface area contributed by atoms with Gasteiger partial charge in [-0.1, -0.05) is 6.92 Å². The molecule has 0 aromatic heterocycles. The smallest absolute Gasteiger partial charge is 0.376 e. The number of rotatable bonds is 8. The number of likely N-dealkylation sites (tertiary alicyclic amines) is 1. The van der Waals surface area contributed by atoms with Crippen molar-refractivity contribution < 1.29 is 22.7 Å². The van der Waals surface area contributed by atoms with Crippen LogP contribution in [0, 0.1) is 5.92 Å². The lowest BCUT2D eigenvalue weighted by atomic mass is 10.1. The van der Waals surface area contributed by atoms with Gasteiger partial charge in [0, 0.05) is 46.9 Å². The van der Waals surface area contributed by atoms with Gasteiger partial charge >= 0.3 is 6.18 Å². The van der Waals surface area contributed by atoms with E-state index in [1.54, 1.807) is 21.0 Å². The van der Waals surface area contributed by atoms with E-state index in [2.05, 4.69) is 15.2 Å². The van der Waals surface area contributed by atoms with Crippen LogP contribution in [0.2, 0.25) is 0 Å². The van der Waals surface area contributed by atoms with Gasteiger partial charge in [-0.15, -0.1) is 0 Å². The average molecular weight is 436 g/mol. The number of carbonyl (C=O) groups is 1. The van der Waals surface area contributed by atoms with E-state index in [-0.39, 0.29) is 24.5 Å². The third-order valence-corrected chi connectivity index (χ3v) is 5.58. The number of likely N-dealkylation sites (N-methyl/N-ethyl adjacent to an activating group) is 1. The summed E-state index contributed by atoms with van der Waals surface area (Å²) in [5.41, 5.74) is 0. The van der Waals surface area contributed by atoms with Gasteiger partial charge in [-0.3, -0.25) is 9.69 Å². The largest absolute Gasteiger partial charge is 0.401 e. The maximum absolute atomic E-state index is 12.8. The molecule has 174 valence electrons. The highest BCUT2D eigenvalue weighted by molar-refractivity contribution is 5.85. The summed E-state index contributed by atoms with van der Waals surface area (Å²) >= 11 is 0. The fourth-order valence-corrected chi connectivity index (χ4v) is 3.82. The van der Waals surface area contributed by atoms with Crippen molar-refractivity contribution in [2.75, 3.05) is 66.5 Å². The van der Waals surface area contributed by atoms with Gasteiger partial charge in [-0.2, -0.15) is 13.2 Å². The molecule has 2 aliphatic heterocycles. The monoisotopic (exact) mass is 435 g/mol. The average Bonchev–Trinajstić information content (AvgIpc) is 3.15. The molecular weight excluding hydrogens is 399 g/mol. The Morgan fingerprint density at radius 2 is 2.03 bits per heavy atom. The molecule has 2 aliphatic rings. The van der Waals surface area contributed by atoms with E-state index in [9.17, 15) is 18.0 Å². The summed E-state index contributed by atoms with van der Waals surface area (Å²) in [6.45, 7) is 4.40. The predicted molar refractivity (Wildman–Crippen MR) is 110 cm³/mol. The number of aliphatic imine (C=N–C) groups is 1. The fourth-order valence-electron chi connectivity index (χ4n) is 3.82. The van der Waals surface area contributed by atoms with Gasteiger partial charge in [0.25, 0.3) is 0 Å². The van der Waals surface area contributed by atoms with E-state index in [1.807, 2.05) is 0 Å². The van der Waals surface area contributed by atoms with Crippen LogP contribution in [0.4, 0.5) is 13.2 Å². The van der Waals surface area contributed by atoms with Crippen molar-refractivity contribution in [1.82, 2.24) is 20.0 Å². The van der Waals surface area contributed by atoms with Crippen molar-refractivity contribution in [3.8, 4) is 0 Å². The molecule has 0 aliphatic carbocycles. The van der Waals surface area contributed by atoms with Gasteiger partial charge in [-0.05, 0) is 38.1 Å². The third-order valence-electron chi connectivity index (χ3n) is 5.58. The van der Waals surface area contributed by atoms with Crippen LogP contribution in [0.15, 0.2) is 4.99 Å². The molecule has 0 saturated carbocycles. The summed E-state index contributed by atoms with van der Waals surface area (Å²) in [7, 11) is 3.37. The second-order valence-electron chi connectivity index (χ2n) is 8.34. The number of halogens is 3. The van der Waals surface area contributed by atoms with Crippen LogP contribution in [-0.4, -0.2) is 105 Å². The standard InChI is InChI=1S/C20H36F3N5O2/c1-4-27(15-20(21,22)23)13-16-8-9-28(14-16)19(25-12-18(29)26(2)3)24-11-17-7-5-6-10-30-17/h16-17H,4-15H2,1-3H3,(H,24,25). The summed E-state index contributed by atoms with van der Waals surface area (Å²) in [5, 5.41) is 3.34. The van der Waals surface area contributed by atoms with Crippen LogP contribution < -0.4 is 5.32 Å². The van der Waals surface area contributed by atoms with Crippen LogP contribution in [0.5, 0.6) is 0 Å². The predicted octanol–water partition coefficient (Wildman–Crippen LogP) is 1.80. The van der Waals surface area contributed by atoms with Crippen molar-refractivity contribution in [2.24, 2.45) is 10.9 Å². The molecule has 0 bridgehead atoms. The molecule has 2 atom stereocenters. The number of amides is 1. The topological polar surface area (TPSA) is 60.4 Å². The summed E-state index contributed by atoms with van der Waals surface area (Å²) in [5.74, 6) is 0.678. The zero-order valence-electron chi connectivity index (χ0n) is 18.4. The molecule has 0 spiro atoms. The normalized spacial score (nSPS) is 23.2. The van der Waals surface area contributed by atoms with Gasteiger partial charge < -0.3 is 19.9 Å². The summed E-state index contributed by atoms with van der Waals surface area (Å²) in [4.78, 5) is 21.5. The van der Waals surface area contributed by atoms with Crippen LogP contribution >= 0.6 is 0 Å². The van der Waals surface area contributed by atoms with Crippen molar-refractivity contribution in [3.05, 3.63) is 0 Å². The van der Waals surface area contributed by atoms with Gasteiger partial charge in [0.05, 0.1) is 12.6 Å². The van der Waals surface area contributed by atoms with Crippen molar-refractivity contribution >= 4 is 11.9 Å². The van der Waals surface area contributed by atoms with Crippen LogP contribution in [0.25, 0.3) is 0 Å². The molecule has 1 amide bonds. The van der Waals surface area contributed by atoms with Crippen molar-refractivity contribution in [2.45, 2.75) is 44.9 Å². The Bertz CT molecular complexity index is 565. The maximum Gasteiger partial charge on any atom is 0.401 e. The van der Waals surface area contributed by atoms with Gasteiger partial charge in [0.15, 0.2) is 5.96 Å². The molecule has 0 radical (unpaired) electrons. The number of hydrogen-bond donors (Lipinski definition) is 1. The first-order valence-corrected chi connectivity index (χ1v) is 10.8. The van der Waals surface area contributed by atoms with Crippen LogP contribution in [0.1, 0.15) is 32.6 Å². The zero-order chi connectivity index (χ0) is 22.1. The molecule has 2 unspecified atom stereocenters. The number of guanidine groups is 1. The van der Waals surface area contributed by atoms with E-state index in [1.165, 1.54) is 9.80 Å². The maximum atomic E-state index is 12.8. The first-order valence-electron chi connectivity index (χ1n) is 10.8. The summed E-state index contributed by atoms with van der Waals surface area (Å²) in [6, 6.07) is 0.